The normalized spacial score (nSPS) is 10.5. The lowest BCUT2D eigenvalue weighted by molar-refractivity contribution is -0.137. The van der Waals surface area contributed by atoms with E-state index in [0.717, 1.165) is 37.1 Å². The highest BCUT2D eigenvalue weighted by Crippen LogP contribution is 2.17. The lowest BCUT2D eigenvalue weighted by atomic mass is 10.1. The van der Waals surface area contributed by atoms with Gasteiger partial charge in [-0.2, -0.15) is 0 Å². The minimum absolute atomic E-state index is 0.259. The van der Waals surface area contributed by atoms with Crippen molar-refractivity contribution in [3.05, 3.63) is 47.8 Å². The summed E-state index contributed by atoms with van der Waals surface area (Å²) in [4.78, 5) is 19.2. The summed E-state index contributed by atoms with van der Waals surface area (Å²) in [7, 11) is 0. The van der Waals surface area contributed by atoms with E-state index in [0.29, 0.717) is 0 Å². The Labute approximate surface area is 124 Å². The molecule has 0 saturated carbocycles. The molecule has 2 aromatic rings. The van der Waals surface area contributed by atoms with Gasteiger partial charge < -0.3 is 5.11 Å². The van der Waals surface area contributed by atoms with Gasteiger partial charge in [0.2, 0.25) is 0 Å². The number of aliphatic carboxylic acids is 1. The van der Waals surface area contributed by atoms with E-state index < -0.39 is 5.97 Å². The Hall–Kier alpha value is -2.23. The second kappa shape index (κ2) is 7.53. The van der Waals surface area contributed by atoms with Crippen LogP contribution < -0.4 is 0 Å². The summed E-state index contributed by atoms with van der Waals surface area (Å²) in [6.45, 7) is 2.04. The molecule has 0 aliphatic rings. The van der Waals surface area contributed by atoms with Gasteiger partial charge in [-0.05, 0) is 61.6 Å². The fourth-order valence-corrected chi connectivity index (χ4v) is 2.23. The monoisotopic (exact) mass is 284 g/mol. The van der Waals surface area contributed by atoms with Gasteiger partial charge in [-0.25, -0.2) is 0 Å². The highest BCUT2D eigenvalue weighted by atomic mass is 16.4. The second-order valence-electron chi connectivity index (χ2n) is 5.22. The second-order valence-corrected chi connectivity index (χ2v) is 5.22. The van der Waals surface area contributed by atoms with Gasteiger partial charge in [0.05, 0.1) is 11.4 Å². The third-order valence-electron chi connectivity index (χ3n) is 3.36. The largest absolute Gasteiger partial charge is 0.481 e. The van der Waals surface area contributed by atoms with Crippen LogP contribution in [0.25, 0.3) is 11.4 Å². The number of hydrogen-bond acceptors (Lipinski definition) is 3. The molecule has 0 spiro atoms. The van der Waals surface area contributed by atoms with Gasteiger partial charge in [0.25, 0.3) is 0 Å². The van der Waals surface area contributed by atoms with Crippen LogP contribution in [-0.2, 0) is 11.2 Å². The number of aromatic nitrogens is 2. The van der Waals surface area contributed by atoms with Crippen LogP contribution in [0.4, 0.5) is 0 Å². The van der Waals surface area contributed by atoms with Crippen molar-refractivity contribution in [3.63, 3.8) is 0 Å². The summed E-state index contributed by atoms with van der Waals surface area (Å²) in [5.41, 5.74) is 4.17. The van der Waals surface area contributed by atoms with E-state index in [1.165, 1.54) is 11.1 Å². The summed E-state index contributed by atoms with van der Waals surface area (Å²) >= 11 is 0. The molecule has 0 aromatic carbocycles. The molecule has 21 heavy (non-hydrogen) atoms. The number of unbranched alkanes of at least 4 members (excludes halogenated alkanes) is 2. The molecule has 1 N–H and O–H groups in total. The molecule has 2 heterocycles. The maximum absolute atomic E-state index is 10.4. The molecule has 0 aliphatic carbocycles. The molecule has 0 aliphatic heterocycles. The zero-order chi connectivity index (χ0) is 15.1. The lowest BCUT2D eigenvalue weighted by Crippen LogP contribution is -1.95. The van der Waals surface area contributed by atoms with Crippen molar-refractivity contribution in [2.45, 2.75) is 39.0 Å². The Morgan fingerprint density at radius 3 is 2.48 bits per heavy atom. The SMILES string of the molecule is Cc1ccnc(-c2cc(CCCCCC(=O)O)ccn2)c1. The van der Waals surface area contributed by atoms with Crippen molar-refractivity contribution in [2.24, 2.45) is 0 Å². The Balaban J connectivity index is 1.93. The lowest BCUT2D eigenvalue weighted by Gasteiger charge is -2.05. The molecule has 0 unspecified atom stereocenters. The molecule has 0 amide bonds. The minimum Gasteiger partial charge on any atom is -0.481 e. The van der Waals surface area contributed by atoms with Crippen LogP contribution in [0.2, 0.25) is 0 Å². The number of pyridine rings is 2. The highest BCUT2D eigenvalue weighted by Gasteiger charge is 2.03. The topological polar surface area (TPSA) is 63.1 Å². The van der Waals surface area contributed by atoms with E-state index in [-0.39, 0.29) is 6.42 Å². The molecule has 0 radical (unpaired) electrons. The first kappa shape index (κ1) is 15.2. The number of carboxylic acids is 1. The Morgan fingerprint density at radius 2 is 1.76 bits per heavy atom. The molecular weight excluding hydrogens is 264 g/mol. The van der Waals surface area contributed by atoms with Crippen molar-refractivity contribution in [1.29, 1.82) is 0 Å². The average molecular weight is 284 g/mol. The quantitative estimate of drug-likeness (QED) is 0.788. The smallest absolute Gasteiger partial charge is 0.303 e. The van der Waals surface area contributed by atoms with Crippen molar-refractivity contribution in [1.82, 2.24) is 9.97 Å². The number of aryl methyl sites for hydroxylation is 2. The summed E-state index contributed by atoms with van der Waals surface area (Å²) in [5.74, 6) is -0.716. The molecule has 0 bridgehead atoms. The van der Waals surface area contributed by atoms with Crippen molar-refractivity contribution in [3.8, 4) is 11.4 Å². The Kier molecular flexibility index (Phi) is 5.43. The van der Waals surface area contributed by atoms with Gasteiger partial charge in [0, 0.05) is 18.8 Å². The van der Waals surface area contributed by atoms with Gasteiger partial charge in [-0.15, -0.1) is 0 Å². The minimum atomic E-state index is -0.716. The van der Waals surface area contributed by atoms with E-state index >= 15 is 0 Å². The summed E-state index contributed by atoms with van der Waals surface area (Å²) < 4.78 is 0. The first-order valence-electron chi connectivity index (χ1n) is 7.25. The molecule has 0 saturated heterocycles. The molecule has 2 aromatic heterocycles. The number of rotatable bonds is 7. The molecule has 110 valence electrons. The van der Waals surface area contributed by atoms with E-state index in [4.69, 9.17) is 5.11 Å². The van der Waals surface area contributed by atoms with Crippen LogP contribution in [0.5, 0.6) is 0 Å². The van der Waals surface area contributed by atoms with E-state index in [1.54, 1.807) is 6.20 Å². The Morgan fingerprint density at radius 1 is 1.05 bits per heavy atom. The molecule has 2 rings (SSSR count). The van der Waals surface area contributed by atoms with E-state index in [9.17, 15) is 4.79 Å². The maximum Gasteiger partial charge on any atom is 0.303 e. The maximum atomic E-state index is 10.4. The Bertz CT molecular complexity index is 611. The van der Waals surface area contributed by atoms with E-state index in [2.05, 4.69) is 16.0 Å². The van der Waals surface area contributed by atoms with Crippen LogP contribution in [0, 0.1) is 6.92 Å². The predicted octanol–water partition coefficient (Wildman–Crippen LogP) is 3.64. The van der Waals surface area contributed by atoms with E-state index in [1.807, 2.05) is 31.3 Å². The van der Waals surface area contributed by atoms with Crippen molar-refractivity contribution >= 4 is 5.97 Å². The fourth-order valence-electron chi connectivity index (χ4n) is 2.23. The van der Waals surface area contributed by atoms with Crippen LogP contribution >= 0.6 is 0 Å². The molecular formula is C17H20N2O2. The standard InChI is InChI=1S/C17H20N2O2/c1-13-7-9-18-15(11-13)16-12-14(8-10-19-16)5-3-2-4-6-17(20)21/h7-12H,2-6H2,1H3,(H,20,21). The molecule has 0 atom stereocenters. The summed E-state index contributed by atoms with van der Waals surface area (Å²) in [5, 5.41) is 8.60. The predicted molar refractivity (Wildman–Crippen MR) is 82.0 cm³/mol. The molecule has 0 fully saturated rings. The molecule has 4 nitrogen and oxygen atoms in total. The van der Waals surface area contributed by atoms with Gasteiger partial charge in [-0.3, -0.25) is 14.8 Å². The first-order chi connectivity index (χ1) is 10.1. The van der Waals surface area contributed by atoms with Gasteiger partial charge >= 0.3 is 5.97 Å². The third-order valence-corrected chi connectivity index (χ3v) is 3.36. The highest BCUT2D eigenvalue weighted by molar-refractivity contribution is 5.66. The summed E-state index contributed by atoms with van der Waals surface area (Å²) in [6.07, 6.45) is 7.49. The van der Waals surface area contributed by atoms with Gasteiger partial charge in [-0.1, -0.05) is 6.42 Å². The summed E-state index contributed by atoms with van der Waals surface area (Å²) in [6, 6.07) is 8.07. The third kappa shape index (κ3) is 4.99. The molecule has 4 heteroatoms. The van der Waals surface area contributed by atoms with Gasteiger partial charge in [0.15, 0.2) is 0 Å². The zero-order valence-corrected chi connectivity index (χ0v) is 12.2. The van der Waals surface area contributed by atoms with Crippen LogP contribution in [-0.4, -0.2) is 21.0 Å². The van der Waals surface area contributed by atoms with Crippen molar-refractivity contribution < 1.29 is 9.90 Å². The number of carbonyl (C=O) groups is 1. The van der Waals surface area contributed by atoms with Crippen LogP contribution in [0.15, 0.2) is 36.7 Å². The first-order valence-corrected chi connectivity index (χ1v) is 7.25. The van der Waals surface area contributed by atoms with Gasteiger partial charge in [0.1, 0.15) is 0 Å². The zero-order valence-electron chi connectivity index (χ0n) is 12.2. The van der Waals surface area contributed by atoms with Crippen molar-refractivity contribution in [2.75, 3.05) is 0 Å². The fraction of sp³-hybridized carbons (Fsp3) is 0.353. The number of carboxylic acid groups (broad SMARTS) is 1. The van der Waals surface area contributed by atoms with Crippen LogP contribution in [0.1, 0.15) is 36.8 Å². The average Bonchev–Trinajstić information content (AvgIpc) is 2.47. The van der Waals surface area contributed by atoms with Crippen LogP contribution in [0.3, 0.4) is 0 Å². The number of nitrogens with zero attached hydrogens (tertiary/aromatic N) is 2. The number of hydrogen-bond donors (Lipinski definition) is 1.